The summed E-state index contributed by atoms with van der Waals surface area (Å²) in [5, 5.41) is 12.8. The zero-order valence-electron chi connectivity index (χ0n) is 17.0. The van der Waals surface area contributed by atoms with Crippen LogP contribution >= 0.6 is 11.3 Å². The molecule has 4 N–H and O–H groups in total. The number of anilines is 1. The highest BCUT2D eigenvalue weighted by molar-refractivity contribution is 7.16. The van der Waals surface area contributed by atoms with E-state index in [4.69, 9.17) is 10.7 Å². The molecule has 0 aliphatic rings. The normalized spacial score (nSPS) is 12.1. The number of rotatable bonds is 8. The molecule has 0 saturated carbocycles. The standard InChI is InChI=1S/C25H21N3O3S/c26-22-20(21(23(30)31)27-16-29)28-24(32-22)25(17-10-4-1-5-11-17,18-12-6-2-7-13-18)19-14-8-3-9-15-19/h1-16,21H,26H2,(H,27,29)(H,30,31). The molecule has 0 radical (unpaired) electrons. The maximum Gasteiger partial charge on any atom is 0.332 e. The van der Waals surface area contributed by atoms with Gasteiger partial charge in [0.25, 0.3) is 0 Å². The van der Waals surface area contributed by atoms with Crippen molar-refractivity contribution in [2.45, 2.75) is 11.5 Å². The number of aromatic nitrogens is 1. The van der Waals surface area contributed by atoms with E-state index in [2.05, 4.69) is 5.32 Å². The lowest BCUT2D eigenvalue weighted by Gasteiger charge is -2.34. The summed E-state index contributed by atoms with van der Waals surface area (Å²) in [4.78, 5) is 27.6. The molecule has 32 heavy (non-hydrogen) atoms. The van der Waals surface area contributed by atoms with Crippen LogP contribution in [0.4, 0.5) is 5.00 Å². The smallest absolute Gasteiger partial charge is 0.332 e. The molecule has 0 spiro atoms. The summed E-state index contributed by atoms with van der Waals surface area (Å²) in [6.07, 6.45) is 0.343. The van der Waals surface area contributed by atoms with Crippen LogP contribution in [0, 0.1) is 0 Å². The van der Waals surface area contributed by atoms with E-state index in [1.54, 1.807) is 0 Å². The average molecular weight is 444 g/mol. The molecule has 0 aliphatic carbocycles. The fraction of sp³-hybridized carbons (Fsp3) is 0.0800. The van der Waals surface area contributed by atoms with Gasteiger partial charge in [-0.1, -0.05) is 102 Å². The Kier molecular flexibility index (Phi) is 6.00. The molecule has 1 atom stereocenters. The van der Waals surface area contributed by atoms with E-state index in [1.807, 2.05) is 91.0 Å². The van der Waals surface area contributed by atoms with Crippen LogP contribution in [0.25, 0.3) is 0 Å². The number of benzene rings is 3. The molecule has 1 heterocycles. The van der Waals surface area contributed by atoms with Gasteiger partial charge in [-0.05, 0) is 16.7 Å². The number of nitrogens with zero attached hydrogens (tertiary/aromatic N) is 1. The molecule has 0 saturated heterocycles. The Bertz CT molecular complexity index is 1110. The maximum absolute atomic E-state index is 11.8. The molecule has 3 aromatic carbocycles. The maximum atomic E-state index is 11.8. The van der Waals surface area contributed by atoms with E-state index < -0.39 is 17.4 Å². The highest BCUT2D eigenvalue weighted by Crippen LogP contribution is 2.48. The number of aliphatic carboxylic acids is 1. The third-order valence-corrected chi connectivity index (χ3v) is 6.40. The number of thiazole rings is 1. The zero-order valence-corrected chi connectivity index (χ0v) is 17.8. The first-order valence-corrected chi connectivity index (χ1v) is 10.8. The van der Waals surface area contributed by atoms with Crippen LogP contribution in [0.5, 0.6) is 0 Å². The van der Waals surface area contributed by atoms with Gasteiger partial charge >= 0.3 is 5.97 Å². The Labute approximate surface area is 189 Å². The van der Waals surface area contributed by atoms with Gasteiger partial charge in [0.1, 0.15) is 15.7 Å². The van der Waals surface area contributed by atoms with Gasteiger partial charge in [-0.15, -0.1) is 0 Å². The van der Waals surface area contributed by atoms with Crippen molar-refractivity contribution in [3.05, 3.63) is 118 Å². The molecule has 1 amide bonds. The monoisotopic (exact) mass is 443 g/mol. The van der Waals surface area contributed by atoms with Crippen molar-refractivity contribution in [3.63, 3.8) is 0 Å². The molecule has 1 aromatic heterocycles. The van der Waals surface area contributed by atoms with E-state index in [0.717, 1.165) is 16.7 Å². The second-order valence-electron chi connectivity index (χ2n) is 7.17. The second-order valence-corrected chi connectivity index (χ2v) is 8.20. The minimum absolute atomic E-state index is 0.122. The Hall–Kier alpha value is -3.97. The van der Waals surface area contributed by atoms with E-state index >= 15 is 0 Å². The Morgan fingerprint density at radius 2 is 1.34 bits per heavy atom. The lowest BCUT2D eigenvalue weighted by atomic mass is 9.70. The van der Waals surface area contributed by atoms with Crippen molar-refractivity contribution < 1.29 is 14.7 Å². The first kappa shape index (κ1) is 21.3. The number of amides is 1. The molecular formula is C25H21N3O3S. The van der Waals surface area contributed by atoms with Crippen molar-refractivity contribution in [2.24, 2.45) is 0 Å². The van der Waals surface area contributed by atoms with Gasteiger partial charge in [-0.3, -0.25) is 4.79 Å². The van der Waals surface area contributed by atoms with Gasteiger partial charge in [-0.25, -0.2) is 9.78 Å². The van der Waals surface area contributed by atoms with Crippen molar-refractivity contribution in [1.29, 1.82) is 0 Å². The molecule has 6 nitrogen and oxygen atoms in total. The summed E-state index contributed by atoms with van der Waals surface area (Å²) in [5.74, 6) is -1.23. The van der Waals surface area contributed by atoms with Gasteiger partial charge in [0, 0.05) is 0 Å². The van der Waals surface area contributed by atoms with Crippen molar-refractivity contribution in [2.75, 3.05) is 5.73 Å². The lowest BCUT2D eigenvalue weighted by Crippen LogP contribution is -2.32. The van der Waals surface area contributed by atoms with E-state index in [1.165, 1.54) is 11.3 Å². The fourth-order valence-electron chi connectivity index (χ4n) is 3.98. The van der Waals surface area contributed by atoms with Crippen molar-refractivity contribution in [3.8, 4) is 0 Å². The number of nitrogens with two attached hydrogens (primary N) is 1. The highest BCUT2D eigenvalue weighted by Gasteiger charge is 2.42. The third kappa shape index (κ3) is 3.63. The molecule has 1 unspecified atom stereocenters. The van der Waals surface area contributed by atoms with Crippen molar-refractivity contribution in [1.82, 2.24) is 10.3 Å². The molecule has 0 bridgehead atoms. The van der Waals surface area contributed by atoms with E-state index in [-0.39, 0.29) is 10.7 Å². The van der Waals surface area contributed by atoms with Crippen LogP contribution in [-0.2, 0) is 15.0 Å². The van der Waals surface area contributed by atoms with Crippen LogP contribution in [0.2, 0.25) is 0 Å². The Morgan fingerprint density at radius 1 is 0.906 bits per heavy atom. The molecule has 0 fully saturated rings. The number of hydrogen-bond donors (Lipinski definition) is 3. The fourth-order valence-corrected chi connectivity index (χ4v) is 5.11. The van der Waals surface area contributed by atoms with Crippen LogP contribution in [0.1, 0.15) is 33.4 Å². The molecule has 7 heteroatoms. The van der Waals surface area contributed by atoms with Crippen LogP contribution in [0.15, 0.2) is 91.0 Å². The lowest BCUT2D eigenvalue weighted by molar-refractivity contribution is -0.140. The molecule has 4 rings (SSSR count). The number of carbonyl (C=O) groups is 2. The number of carboxylic acid groups (broad SMARTS) is 1. The Morgan fingerprint density at radius 3 is 1.72 bits per heavy atom. The topological polar surface area (TPSA) is 105 Å². The third-order valence-electron chi connectivity index (χ3n) is 5.38. The first-order chi connectivity index (χ1) is 15.6. The summed E-state index contributed by atoms with van der Waals surface area (Å²) in [6, 6.07) is 28.4. The van der Waals surface area contributed by atoms with Gasteiger partial charge in [0.2, 0.25) is 6.41 Å². The molecule has 0 aliphatic heterocycles. The Balaban J connectivity index is 2.07. The predicted molar refractivity (Wildman–Crippen MR) is 124 cm³/mol. The SMILES string of the molecule is Nc1sc(C(c2ccccc2)(c2ccccc2)c2ccccc2)nc1C(NC=O)C(=O)O. The number of hydrogen-bond acceptors (Lipinski definition) is 5. The quantitative estimate of drug-likeness (QED) is 0.282. The van der Waals surface area contributed by atoms with Gasteiger partial charge in [0.15, 0.2) is 6.04 Å². The van der Waals surface area contributed by atoms with Gasteiger partial charge in [0.05, 0.1) is 5.41 Å². The van der Waals surface area contributed by atoms with Crippen molar-refractivity contribution >= 4 is 28.7 Å². The minimum atomic E-state index is -1.34. The highest BCUT2D eigenvalue weighted by atomic mass is 32.1. The summed E-state index contributed by atoms with van der Waals surface area (Å²) in [7, 11) is 0. The molecular weight excluding hydrogens is 422 g/mol. The van der Waals surface area contributed by atoms with E-state index in [9.17, 15) is 14.7 Å². The first-order valence-electron chi connectivity index (χ1n) is 9.94. The van der Waals surface area contributed by atoms with Gasteiger partial charge < -0.3 is 16.2 Å². The second kappa shape index (κ2) is 9.03. The molecule has 160 valence electrons. The summed E-state index contributed by atoms with van der Waals surface area (Å²) in [6.45, 7) is 0. The zero-order chi connectivity index (χ0) is 22.6. The number of nitrogens with one attached hydrogen (secondary N) is 1. The van der Waals surface area contributed by atoms with Crippen LogP contribution < -0.4 is 11.1 Å². The number of nitrogen functional groups attached to an aromatic ring is 1. The van der Waals surface area contributed by atoms with Crippen LogP contribution in [0.3, 0.4) is 0 Å². The van der Waals surface area contributed by atoms with Crippen LogP contribution in [-0.4, -0.2) is 22.5 Å². The van der Waals surface area contributed by atoms with Gasteiger partial charge in [-0.2, -0.15) is 0 Å². The average Bonchev–Trinajstić information content (AvgIpc) is 3.21. The summed E-state index contributed by atoms with van der Waals surface area (Å²) in [5.41, 5.74) is 8.47. The predicted octanol–water partition coefficient (Wildman–Crippen LogP) is 3.98. The van der Waals surface area contributed by atoms with E-state index in [0.29, 0.717) is 11.4 Å². The minimum Gasteiger partial charge on any atom is -0.479 e. The summed E-state index contributed by atoms with van der Waals surface area (Å²) < 4.78 is 0. The summed E-state index contributed by atoms with van der Waals surface area (Å²) >= 11 is 1.22. The number of carbonyl (C=O) groups excluding carboxylic acids is 1. The number of carboxylic acids is 1. The molecule has 4 aromatic rings. The largest absolute Gasteiger partial charge is 0.479 e.